The number of amides is 2. The molecule has 14 heteroatoms. The van der Waals surface area contributed by atoms with E-state index in [1.54, 1.807) is 75.4 Å². The monoisotopic (exact) mass is 738 g/mol. The number of carbonyl (C=O) groups is 2. The topological polar surface area (TPSA) is 138 Å². The van der Waals surface area contributed by atoms with Gasteiger partial charge in [-0.1, -0.05) is 47.5 Å². The number of nitrogens with one attached hydrogen (secondary N) is 3. The van der Waals surface area contributed by atoms with Crippen LogP contribution in [0.5, 0.6) is 5.75 Å². The molecule has 2 aromatic carbocycles. The van der Waals surface area contributed by atoms with Gasteiger partial charge in [0.15, 0.2) is 11.6 Å². The molecule has 0 aliphatic carbocycles. The fraction of sp³-hybridized carbons (Fsp3) is 0.351. The van der Waals surface area contributed by atoms with Gasteiger partial charge in [0.1, 0.15) is 11.4 Å². The molecule has 51 heavy (non-hydrogen) atoms. The lowest BCUT2D eigenvalue weighted by Gasteiger charge is -2.29. The van der Waals surface area contributed by atoms with Crippen LogP contribution in [-0.2, 0) is 22.6 Å². The number of methoxy groups -OCH3 is 1. The third kappa shape index (κ3) is 9.44. The van der Waals surface area contributed by atoms with Crippen LogP contribution >= 0.6 is 23.2 Å². The first kappa shape index (κ1) is 37.8. The van der Waals surface area contributed by atoms with Gasteiger partial charge in [-0.2, -0.15) is 0 Å². The number of carbonyl (C=O) groups excluding carboxylic acids is 2. The number of benzene rings is 2. The summed E-state index contributed by atoms with van der Waals surface area (Å²) in [5, 5.41) is 18.5. The minimum Gasteiger partial charge on any atom is -0.496 e. The lowest BCUT2D eigenvalue weighted by atomic mass is 10.0. The summed E-state index contributed by atoms with van der Waals surface area (Å²) in [6.45, 7) is 6.37. The van der Waals surface area contributed by atoms with E-state index in [0.29, 0.717) is 68.8 Å². The summed E-state index contributed by atoms with van der Waals surface area (Å²) in [5.41, 5.74) is 3.16. The lowest BCUT2D eigenvalue weighted by Crippen LogP contribution is -2.43. The number of pyridine rings is 2. The van der Waals surface area contributed by atoms with E-state index >= 15 is 4.39 Å². The van der Waals surface area contributed by atoms with Crippen molar-refractivity contribution in [1.29, 1.82) is 0 Å². The lowest BCUT2D eigenvalue weighted by molar-refractivity contribution is -0.119. The number of rotatable bonds is 13. The highest BCUT2D eigenvalue weighted by Gasteiger charge is 2.29. The molecule has 0 unspecified atom stereocenters. The second-order valence-electron chi connectivity index (χ2n) is 13.0. The quantitative estimate of drug-likeness (QED) is 0.106. The number of aliphatic hydroxyl groups excluding tert-OH is 1. The van der Waals surface area contributed by atoms with Gasteiger partial charge in [0, 0.05) is 72.3 Å². The van der Waals surface area contributed by atoms with Crippen molar-refractivity contribution in [2.24, 2.45) is 0 Å². The molecule has 0 radical (unpaired) electrons. The summed E-state index contributed by atoms with van der Waals surface area (Å²) < 4.78 is 26.7. The Morgan fingerprint density at radius 3 is 2.55 bits per heavy atom. The Morgan fingerprint density at radius 2 is 1.84 bits per heavy atom. The number of aliphatic hydroxyl groups is 1. The normalized spacial score (nSPS) is 14.3. The van der Waals surface area contributed by atoms with E-state index in [4.69, 9.17) is 37.8 Å². The van der Waals surface area contributed by atoms with Crippen LogP contribution in [0.1, 0.15) is 44.7 Å². The average Bonchev–Trinajstić information content (AvgIpc) is 3.51. The second-order valence-corrected chi connectivity index (χ2v) is 13.8. The van der Waals surface area contributed by atoms with Gasteiger partial charge in [-0.3, -0.25) is 9.78 Å². The molecule has 1 aliphatic rings. The number of nitrogens with zero attached hydrogens (tertiary/aromatic N) is 3. The molecule has 2 aromatic heterocycles. The average molecular weight is 740 g/mol. The zero-order valence-corrected chi connectivity index (χ0v) is 30.4. The minimum atomic E-state index is -0.704. The van der Waals surface area contributed by atoms with E-state index in [0.717, 1.165) is 5.56 Å². The summed E-state index contributed by atoms with van der Waals surface area (Å²) in [6, 6.07) is 13.9. The summed E-state index contributed by atoms with van der Waals surface area (Å²) in [6.07, 6.45) is 3.66. The van der Waals surface area contributed by atoms with E-state index in [2.05, 4.69) is 25.9 Å². The van der Waals surface area contributed by atoms with Crippen molar-refractivity contribution < 1.29 is 28.6 Å². The third-order valence-electron chi connectivity index (χ3n) is 8.10. The summed E-state index contributed by atoms with van der Waals surface area (Å²) in [5.74, 6) is -0.0659. The van der Waals surface area contributed by atoms with Gasteiger partial charge in [0.05, 0.1) is 41.7 Å². The molecule has 5 rings (SSSR count). The summed E-state index contributed by atoms with van der Waals surface area (Å²) >= 11 is 13.9. The van der Waals surface area contributed by atoms with Crippen LogP contribution in [0.25, 0.3) is 22.4 Å². The van der Waals surface area contributed by atoms with Crippen molar-refractivity contribution in [2.45, 2.75) is 58.3 Å². The highest BCUT2D eigenvalue weighted by Crippen LogP contribution is 2.42. The molecular weight excluding hydrogens is 698 g/mol. The van der Waals surface area contributed by atoms with Crippen molar-refractivity contribution in [3.8, 4) is 28.1 Å². The van der Waals surface area contributed by atoms with Crippen LogP contribution in [0.2, 0.25) is 10.0 Å². The predicted octanol–water partition coefficient (Wildman–Crippen LogP) is 7.11. The molecule has 11 nitrogen and oxygen atoms in total. The molecule has 1 aliphatic heterocycles. The number of ether oxygens (including phenoxy) is 2. The Kier molecular flexibility index (Phi) is 12.4. The van der Waals surface area contributed by atoms with E-state index in [9.17, 15) is 9.59 Å². The first-order valence-corrected chi connectivity index (χ1v) is 17.2. The van der Waals surface area contributed by atoms with Crippen molar-refractivity contribution in [3.05, 3.63) is 87.9 Å². The van der Waals surface area contributed by atoms with Crippen molar-refractivity contribution in [2.75, 3.05) is 32.1 Å². The fourth-order valence-electron chi connectivity index (χ4n) is 5.67. The zero-order valence-electron chi connectivity index (χ0n) is 28.9. The van der Waals surface area contributed by atoms with E-state index in [-0.39, 0.29) is 44.0 Å². The zero-order chi connectivity index (χ0) is 36.7. The second kappa shape index (κ2) is 16.7. The van der Waals surface area contributed by atoms with Crippen molar-refractivity contribution in [3.63, 3.8) is 0 Å². The molecule has 1 saturated heterocycles. The van der Waals surface area contributed by atoms with Gasteiger partial charge in [-0.05, 0) is 51.5 Å². The van der Waals surface area contributed by atoms with Gasteiger partial charge in [0.2, 0.25) is 5.91 Å². The Hall–Kier alpha value is -4.49. The fourth-order valence-corrected chi connectivity index (χ4v) is 6.26. The standard InChI is InChI=1S/C37H41Cl2FN6O5/c1-37(2,3)51-36(49)46(21-25-10-11-30(48)44-25)20-24-9-8-22(18-29(24)50-4)34-32(39)27(13-15-42-34)26-6-5-7-28(31(26)38)45-35-33(40)23(12-14-43-35)19-41-16-17-47/h5-9,12-15,18,25,41,47H,10-11,16-17,19-21H2,1-4H3,(H,43,45)(H,44,48)/t25-/m0/s1. The van der Waals surface area contributed by atoms with Gasteiger partial charge >= 0.3 is 6.09 Å². The van der Waals surface area contributed by atoms with E-state index in [1.807, 2.05) is 12.1 Å². The van der Waals surface area contributed by atoms with Gasteiger partial charge in [-0.15, -0.1) is 0 Å². The molecule has 0 spiro atoms. The first-order valence-electron chi connectivity index (χ1n) is 16.5. The molecule has 0 bridgehead atoms. The van der Waals surface area contributed by atoms with Gasteiger partial charge in [-0.25, -0.2) is 14.2 Å². The third-order valence-corrected chi connectivity index (χ3v) is 8.89. The molecule has 1 atom stereocenters. The van der Waals surface area contributed by atoms with Crippen LogP contribution in [0.4, 0.5) is 20.7 Å². The molecule has 2 amide bonds. The number of hydrogen-bond donors (Lipinski definition) is 4. The maximum absolute atomic E-state index is 15.3. The van der Waals surface area contributed by atoms with Crippen molar-refractivity contribution in [1.82, 2.24) is 25.5 Å². The Labute approximate surface area is 306 Å². The molecule has 1 fully saturated rings. The maximum Gasteiger partial charge on any atom is 0.410 e. The number of halogens is 3. The largest absolute Gasteiger partial charge is 0.496 e. The van der Waals surface area contributed by atoms with Gasteiger partial charge < -0.3 is 35.4 Å². The molecule has 4 aromatic rings. The van der Waals surface area contributed by atoms with Crippen LogP contribution in [0.15, 0.2) is 60.9 Å². The Morgan fingerprint density at radius 1 is 1.08 bits per heavy atom. The number of anilines is 2. The number of aromatic nitrogens is 2. The maximum atomic E-state index is 15.3. The van der Waals surface area contributed by atoms with Crippen LogP contribution in [0, 0.1) is 5.82 Å². The van der Waals surface area contributed by atoms with Crippen molar-refractivity contribution >= 4 is 46.7 Å². The molecular formula is C37H41Cl2FN6O5. The molecule has 3 heterocycles. The molecule has 4 N–H and O–H groups in total. The molecule has 0 saturated carbocycles. The van der Waals surface area contributed by atoms with Crippen LogP contribution in [-0.4, -0.2) is 70.4 Å². The summed E-state index contributed by atoms with van der Waals surface area (Å²) in [4.78, 5) is 35.4. The first-order chi connectivity index (χ1) is 24.4. The Bertz CT molecular complexity index is 1890. The number of hydrogen-bond acceptors (Lipinski definition) is 9. The highest BCUT2D eigenvalue weighted by molar-refractivity contribution is 6.39. The molecule has 270 valence electrons. The summed E-state index contributed by atoms with van der Waals surface area (Å²) in [7, 11) is 1.54. The van der Waals surface area contributed by atoms with E-state index < -0.39 is 17.5 Å². The predicted molar refractivity (Wildman–Crippen MR) is 196 cm³/mol. The van der Waals surface area contributed by atoms with E-state index in [1.165, 1.54) is 6.20 Å². The van der Waals surface area contributed by atoms with Crippen LogP contribution in [0.3, 0.4) is 0 Å². The van der Waals surface area contributed by atoms with Gasteiger partial charge in [0.25, 0.3) is 0 Å². The smallest absolute Gasteiger partial charge is 0.410 e. The Balaban J connectivity index is 1.41. The SMILES string of the molecule is COc1cc(-c2nccc(-c3cccc(Nc4nccc(CNCCO)c4F)c3Cl)c2Cl)ccc1CN(C[C@@H]1CCC(=O)N1)C(=O)OC(C)(C)C. The minimum absolute atomic E-state index is 0.00396. The highest BCUT2D eigenvalue weighted by atomic mass is 35.5. The van der Waals surface area contributed by atoms with Crippen LogP contribution < -0.4 is 20.7 Å².